The molecule has 2 saturated heterocycles. The summed E-state index contributed by atoms with van der Waals surface area (Å²) < 4.78 is 25.2. The van der Waals surface area contributed by atoms with Crippen molar-refractivity contribution < 1.29 is 38.1 Å². The van der Waals surface area contributed by atoms with E-state index in [1.54, 1.807) is 43.3 Å². The largest absolute Gasteiger partial charge is 0.507 e. The third-order valence-electron chi connectivity index (χ3n) is 10.3. The van der Waals surface area contributed by atoms with Gasteiger partial charge in [0.1, 0.15) is 23.1 Å². The van der Waals surface area contributed by atoms with Crippen LogP contribution in [0.5, 0.6) is 17.2 Å². The van der Waals surface area contributed by atoms with E-state index in [1.807, 2.05) is 6.08 Å². The maximum atomic E-state index is 14.6. The van der Waals surface area contributed by atoms with Gasteiger partial charge in [-0.05, 0) is 56.0 Å². The normalized spacial score (nSPS) is 28.5. The van der Waals surface area contributed by atoms with Crippen LogP contribution in [0.1, 0.15) is 31.2 Å². The first-order valence-electron chi connectivity index (χ1n) is 14.9. The number of hydrogen-bond donors (Lipinski definition) is 1. The highest BCUT2D eigenvalue weighted by atomic mass is 35.5. The third-order valence-corrected chi connectivity index (χ3v) is 10.6. The highest BCUT2D eigenvalue weighted by Crippen LogP contribution is 2.65. The first-order valence-corrected chi connectivity index (χ1v) is 15.3. The maximum absolute atomic E-state index is 14.6. The Labute approximate surface area is 269 Å². The molecule has 3 aromatic rings. The summed E-state index contributed by atoms with van der Waals surface area (Å²) in [6.07, 6.45) is 2.23. The number of rotatable bonds is 5. The number of ether oxygens (including phenoxy) is 2. The monoisotopic (exact) mass is 644 g/mol. The lowest BCUT2D eigenvalue weighted by molar-refractivity contribution is -0.131. The molecule has 11 heteroatoms. The summed E-state index contributed by atoms with van der Waals surface area (Å²) in [5, 5.41) is 11.2. The average Bonchev–Trinajstić information content (AvgIpc) is 3.42. The molecule has 6 atom stereocenters. The third kappa shape index (κ3) is 4.05. The number of anilines is 2. The van der Waals surface area contributed by atoms with Crippen molar-refractivity contribution in [3.63, 3.8) is 0 Å². The molecule has 0 aromatic heterocycles. The van der Waals surface area contributed by atoms with E-state index >= 15 is 0 Å². The number of amides is 4. The lowest BCUT2D eigenvalue weighted by atomic mass is 9.51. The molecule has 1 N–H and O–H groups in total. The highest BCUT2D eigenvalue weighted by molar-refractivity contribution is 6.32. The lowest BCUT2D eigenvalue weighted by Crippen LogP contribution is -2.49. The number of para-hydroxylation sites is 1. The lowest BCUT2D eigenvalue weighted by Gasteiger charge is -2.49. The number of carbonyl (C=O) groups excluding carboxylic acids is 4. The van der Waals surface area contributed by atoms with Crippen molar-refractivity contribution in [2.24, 2.45) is 29.1 Å². The molecule has 0 bridgehead atoms. The molecule has 6 unspecified atom stereocenters. The highest BCUT2D eigenvalue weighted by Gasteiger charge is 2.68. The zero-order valence-electron chi connectivity index (χ0n) is 25.2. The Morgan fingerprint density at radius 2 is 1.63 bits per heavy atom. The molecule has 2 aliphatic carbocycles. The molecule has 4 amide bonds. The number of allylic oxidation sites excluding steroid dienone is 2. The number of aromatic hydroxyl groups is 1. The van der Waals surface area contributed by atoms with Gasteiger partial charge in [0.05, 0.1) is 53.8 Å². The second-order valence-corrected chi connectivity index (χ2v) is 12.8. The number of imide groups is 2. The molecule has 3 aromatic carbocycles. The van der Waals surface area contributed by atoms with E-state index in [9.17, 15) is 28.7 Å². The number of fused-ring (bicyclic) bond motifs is 4. The molecule has 9 nitrogen and oxygen atoms in total. The number of nitrogens with zero attached hydrogens (tertiary/aromatic N) is 2. The Kier molecular flexibility index (Phi) is 6.97. The molecule has 4 aliphatic rings. The fourth-order valence-corrected chi connectivity index (χ4v) is 8.36. The maximum Gasteiger partial charge on any atom is 0.241 e. The fourth-order valence-electron chi connectivity index (χ4n) is 8.19. The Balaban J connectivity index is 1.42. The van der Waals surface area contributed by atoms with E-state index in [0.717, 1.165) is 11.0 Å². The summed E-state index contributed by atoms with van der Waals surface area (Å²) in [4.78, 5) is 59.1. The van der Waals surface area contributed by atoms with E-state index in [4.69, 9.17) is 21.1 Å². The molecular formula is C35H30ClFN2O7. The zero-order valence-corrected chi connectivity index (χ0v) is 26.0. The molecule has 7 rings (SSSR count). The van der Waals surface area contributed by atoms with Gasteiger partial charge in [0.2, 0.25) is 23.6 Å². The molecular weight excluding hydrogens is 615 g/mol. The van der Waals surface area contributed by atoms with Gasteiger partial charge in [-0.15, -0.1) is 0 Å². The van der Waals surface area contributed by atoms with E-state index in [2.05, 4.69) is 0 Å². The standard InChI is InChI=1S/C35H30ClFN2O7/c1-35-23(32(42)39(34(35)44)18-9-12-25(37)24(36)13-18)16-22-20(30(35)29-26(40)14-19(45-2)15-27(29)46-3)10-11-21-28(22)33(43)38(31(21)41)17-7-5-4-6-8-17/h4-10,12-15,21-23,28,30,40H,11,16H2,1-3H3. The summed E-state index contributed by atoms with van der Waals surface area (Å²) in [5.41, 5.74) is 0.0551. The predicted molar refractivity (Wildman–Crippen MR) is 166 cm³/mol. The van der Waals surface area contributed by atoms with Gasteiger partial charge < -0.3 is 14.6 Å². The number of carbonyl (C=O) groups is 4. The van der Waals surface area contributed by atoms with Crippen LogP contribution in [0, 0.1) is 34.9 Å². The van der Waals surface area contributed by atoms with E-state index < -0.39 is 52.6 Å². The number of phenolic OH excluding ortho intramolecular Hbond substituents is 1. The molecule has 2 aliphatic heterocycles. The summed E-state index contributed by atoms with van der Waals surface area (Å²) in [6, 6.07) is 15.3. The van der Waals surface area contributed by atoms with Crippen molar-refractivity contribution in [2.45, 2.75) is 25.7 Å². The minimum atomic E-state index is -1.46. The quantitative estimate of drug-likeness (QED) is 0.283. The fraction of sp³-hybridized carbons (Fsp3) is 0.314. The smallest absolute Gasteiger partial charge is 0.241 e. The second-order valence-electron chi connectivity index (χ2n) is 12.4. The Morgan fingerprint density at radius 1 is 0.891 bits per heavy atom. The van der Waals surface area contributed by atoms with Crippen LogP contribution in [0.25, 0.3) is 0 Å². The summed E-state index contributed by atoms with van der Waals surface area (Å²) >= 11 is 6.07. The van der Waals surface area contributed by atoms with Gasteiger partial charge in [-0.2, -0.15) is 0 Å². The number of methoxy groups -OCH3 is 2. The van der Waals surface area contributed by atoms with Crippen LogP contribution in [-0.4, -0.2) is 43.0 Å². The van der Waals surface area contributed by atoms with Crippen LogP contribution < -0.4 is 19.3 Å². The minimum Gasteiger partial charge on any atom is -0.507 e. The van der Waals surface area contributed by atoms with Gasteiger partial charge in [-0.3, -0.25) is 24.1 Å². The van der Waals surface area contributed by atoms with Crippen molar-refractivity contribution in [2.75, 3.05) is 24.0 Å². The number of phenols is 1. The van der Waals surface area contributed by atoms with Crippen LogP contribution in [0.2, 0.25) is 5.02 Å². The first-order chi connectivity index (χ1) is 22.0. The Hall–Kier alpha value is -4.70. The summed E-state index contributed by atoms with van der Waals surface area (Å²) in [5.74, 6) is -6.09. The zero-order chi connectivity index (χ0) is 32.7. The van der Waals surface area contributed by atoms with E-state index in [1.165, 1.54) is 37.3 Å². The first kappa shape index (κ1) is 30.0. The molecule has 1 saturated carbocycles. The van der Waals surface area contributed by atoms with E-state index in [0.29, 0.717) is 17.0 Å². The molecule has 2 heterocycles. The Bertz CT molecular complexity index is 1860. The summed E-state index contributed by atoms with van der Waals surface area (Å²) in [6.45, 7) is 1.68. The van der Waals surface area contributed by atoms with E-state index in [-0.39, 0.29) is 52.4 Å². The number of halogens is 2. The molecule has 3 fully saturated rings. The van der Waals surface area contributed by atoms with Crippen molar-refractivity contribution >= 4 is 46.6 Å². The van der Waals surface area contributed by atoms with Crippen molar-refractivity contribution in [3.05, 3.63) is 88.7 Å². The van der Waals surface area contributed by atoms with Crippen molar-refractivity contribution in [1.29, 1.82) is 0 Å². The van der Waals surface area contributed by atoms with Crippen molar-refractivity contribution in [1.82, 2.24) is 0 Å². The molecule has 0 spiro atoms. The van der Waals surface area contributed by atoms with Crippen LogP contribution in [0.3, 0.4) is 0 Å². The van der Waals surface area contributed by atoms with Crippen LogP contribution in [0.4, 0.5) is 15.8 Å². The molecule has 0 radical (unpaired) electrons. The van der Waals surface area contributed by atoms with Crippen LogP contribution in [0.15, 0.2) is 72.3 Å². The minimum absolute atomic E-state index is 0.108. The number of benzene rings is 3. The number of hydrogen-bond acceptors (Lipinski definition) is 7. The summed E-state index contributed by atoms with van der Waals surface area (Å²) in [7, 11) is 2.87. The van der Waals surface area contributed by atoms with Crippen LogP contribution in [-0.2, 0) is 19.2 Å². The topological polar surface area (TPSA) is 113 Å². The van der Waals surface area contributed by atoms with Gasteiger partial charge in [0.15, 0.2) is 0 Å². The van der Waals surface area contributed by atoms with Gasteiger partial charge in [0.25, 0.3) is 0 Å². The van der Waals surface area contributed by atoms with Gasteiger partial charge >= 0.3 is 0 Å². The Morgan fingerprint density at radius 3 is 2.30 bits per heavy atom. The van der Waals surface area contributed by atoms with Gasteiger partial charge in [0, 0.05) is 23.6 Å². The van der Waals surface area contributed by atoms with Gasteiger partial charge in [-0.25, -0.2) is 9.29 Å². The van der Waals surface area contributed by atoms with Gasteiger partial charge in [-0.1, -0.05) is 41.4 Å². The SMILES string of the molecule is COc1cc(O)c(C2C3=CCC4C(=O)N(c5ccccc5)C(=O)C4C3CC3C(=O)N(c4ccc(F)c(Cl)c4)C(=O)C32C)c(OC)c1. The molecule has 236 valence electrons. The average molecular weight is 645 g/mol. The predicted octanol–water partition coefficient (Wildman–Crippen LogP) is 5.64. The second kappa shape index (κ2) is 10.7. The van der Waals surface area contributed by atoms with Crippen molar-refractivity contribution in [3.8, 4) is 17.2 Å². The molecule has 46 heavy (non-hydrogen) atoms. The van der Waals surface area contributed by atoms with Crippen LogP contribution >= 0.6 is 11.6 Å².